The van der Waals surface area contributed by atoms with Crippen molar-refractivity contribution in [3.8, 4) is 5.75 Å². The number of hydrogen-bond donors (Lipinski definition) is 2. The molecule has 1 heterocycles. The highest BCUT2D eigenvalue weighted by Crippen LogP contribution is 2.24. The molecule has 0 aliphatic carbocycles. The van der Waals surface area contributed by atoms with Crippen molar-refractivity contribution < 1.29 is 23.9 Å². The Morgan fingerprint density at radius 1 is 1.06 bits per heavy atom. The number of rotatable bonds is 9. The van der Waals surface area contributed by atoms with E-state index in [1.165, 1.54) is 0 Å². The van der Waals surface area contributed by atoms with E-state index in [-0.39, 0.29) is 17.7 Å². The Hall–Kier alpha value is -3.10. The molecule has 1 aliphatic rings. The van der Waals surface area contributed by atoms with Gasteiger partial charge in [0.2, 0.25) is 5.91 Å². The normalized spacial score (nSPS) is 14.9. The fourth-order valence-corrected chi connectivity index (χ4v) is 4.22. The Labute approximate surface area is 204 Å². The molecule has 3 amide bonds. The molecule has 0 aromatic heterocycles. The number of amides is 3. The number of piperidine rings is 1. The standard InChI is InChI=1S/C25H30ClN3O5/c1-33-16-13-27-24(31)22(28-23(30)20-5-3-4-6-21(20)26)17-11-14-29(15-12-17)25(32)18-7-9-19(34-2)10-8-18/h3-10,17,22H,11-16H2,1-2H3,(H,27,31)(H,28,30)/t22-/m0/s1. The maximum absolute atomic E-state index is 13.0. The van der Waals surface area contributed by atoms with E-state index in [1.807, 2.05) is 0 Å². The summed E-state index contributed by atoms with van der Waals surface area (Å²) in [4.78, 5) is 40.5. The molecule has 1 fully saturated rings. The minimum atomic E-state index is -0.751. The van der Waals surface area contributed by atoms with Crippen molar-refractivity contribution in [1.82, 2.24) is 15.5 Å². The molecular formula is C25H30ClN3O5. The molecule has 0 unspecified atom stereocenters. The van der Waals surface area contributed by atoms with E-state index >= 15 is 0 Å². The molecule has 34 heavy (non-hydrogen) atoms. The molecule has 1 saturated heterocycles. The van der Waals surface area contributed by atoms with Crippen LogP contribution in [-0.2, 0) is 9.53 Å². The number of carbonyl (C=O) groups is 3. The topological polar surface area (TPSA) is 97.0 Å². The van der Waals surface area contributed by atoms with Gasteiger partial charge in [0.15, 0.2) is 0 Å². The lowest BCUT2D eigenvalue weighted by Gasteiger charge is -2.36. The Bertz CT molecular complexity index is 990. The van der Waals surface area contributed by atoms with Gasteiger partial charge in [-0.3, -0.25) is 14.4 Å². The van der Waals surface area contributed by atoms with Crippen LogP contribution >= 0.6 is 11.6 Å². The number of nitrogens with one attached hydrogen (secondary N) is 2. The maximum atomic E-state index is 13.0. The SMILES string of the molecule is COCCNC(=O)[C@@H](NC(=O)c1ccccc1Cl)C1CCN(C(=O)c2ccc(OC)cc2)CC1. The first kappa shape index (κ1) is 25.5. The molecule has 2 aromatic carbocycles. The summed E-state index contributed by atoms with van der Waals surface area (Å²) in [6, 6.07) is 12.9. The van der Waals surface area contributed by atoms with E-state index in [2.05, 4.69) is 10.6 Å². The molecule has 1 aliphatic heterocycles. The van der Waals surface area contributed by atoms with E-state index < -0.39 is 11.9 Å². The molecule has 0 spiro atoms. The highest BCUT2D eigenvalue weighted by molar-refractivity contribution is 6.33. The molecule has 9 heteroatoms. The van der Waals surface area contributed by atoms with Crippen LogP contribution < -0.4 is 15.4 Å². The summed E-state index contributed by atoms with van der Waals surface area (Å²) >= 11 is 6.17. The van der Waals surface area contributed by atoms with Crippen molar-refractivity contribution in [3.05, 3.63) is 64.7 Å². The lowest BCUT2D eigenvalue weighted by Crippen LogP contribution is -2.54. The monoisotopic (exact) mass is 487 g/mol. The second-order valence-corrected chi connectivity index (χ2v) is 8.48. The molecule has 1 atom stereocenters. The van der Waals surface area contributed by atoms with Crippen molar-refractivity contribution in [3.63, 3.8) is 0 Å². The number of nitrogens with zero attached hydrogens (tertiary/aromatic N) is 1. The second-order valence-electron chi connectivity index (χ2n) is 8.07. The van der Waals surface area contributed by atoms with E-state index in [1.54, 1.807) is 67.7 Å². The summed E-state index contributed by atoms with van der Waals surface area (Å²) in [5.74, 6) is -0.199. The fraction of sp³-hybridized carbons (Fsp3) is 0.400. The molecule has 0 bridgehead atoms. The van der Waals surface area contributed by atoms with E-state index in [9.17, 15) is 14.4 Å². The zero-order chi connectivity index (χ0) is 24.5. The van der Waals surface area contributed by atoms with Crippen molar-refractivity contribution in [2.75, 3.05) is 40.5 Å². The Kier molecular flexibility index (Phi) is 9.30. The predicted molar refractivity (Wildman–Crippen MR) is 129 cm³/mol. The number of likely N-dealkylation sites (tertiary alicyclic amines) is 1. The number of ether oxygens (including phenoxy) is 2. The Balaban J connectivity index is 1.67. The summed E-state index contributed by atoms with van der Waals surface area (Å²) in [6.07, 6.45) is 1.15. The molecule has 2 aromatic rings. The van der Waals surface area contributed by atoms with Gasteiger partial charge >= 0.3 is 0 Å². The average Bonchev–Trinajstić information content (AvgIpc) is 2.87. The van der Waals surface area contributed by atoms with Gasteiger partial charge in [-0.15, -0.1) is 0 Å². The number of benzene rings is 2. The quantitative estimate of drug-likeness (QED) is 0.530. The number of halogens is 1. The minimum absolute atomic E-state index is 0.0673. The van der Waals surface area contributed by atoms with Crippen LogP contribution in [0.5, 0.6) is 5.75 Å². The third kappa shape index (κ3) is 6.48. The molecule has 182 valence electrons. The average molecular weight is 488 g/mol. The second kappa shape index (κ2) is 12.4. The van der Waals surface area contributed by atoms with Crippen molar-refractivity contribution in [1.29, 1.82) is 0 Å². The Morgan fingerprint density at radius 3 is 2.35 bits per heavy atom. The lowest BCUT2D eigenvalue weighted by atomic mass is 9.88. The van der Waals surface area contributed by atoms with Gasteiger partial charge in [0.1, 0.15) is 11.8 Å². The van der Waals surface area contributed by atoms with Gasteiger partial charge in [0, 0.05) is 32.3 Å². The van der Waals surface area contributed by atoms with E-state index in [0.717, 1.165) is 0 Å². The van der Waals surface area contributed by atoms with Crippen LogP contribution in [0.4, 0.5) is 0 Å². The van der Waals surface area contributed by atoms with Crippen LogP contribution in [0, 0.1) is 5.92 Å². The highest BCUT2D eigenvalue weighted by atomic mass is 35.5. The van der Waals surface area contributed by atoms with E-state index in [4.69, 9.17) is 21.1 Å². The summed E-state index contributed by atoms with van der Waals surface area (Å²) < 4.78 is 10.2. The van der Waals surface area contributed by atoms with Gasteiger partial charge < -0.3 is 25.0 Å². The van der Waals surface area contributed by atoms with Gasteiger partial charge in [-0.05, 0) is 55.2 Å². The largest absolute Gasteiger partial charge is 0.497 e. The van der Waals surface area contributed by atoms with Gasteiger partial charge in [0.05, 0.1) is 24.3 Å². The molecule has 0 saturated carbocycles. The van der Waals surface area contributed by atoms with Gasteiger partial charge in [-0.25, -0.2) is 0 Å². The number of carbonyl (C=O) groups excluding carboxylic acids is 3. The van der Waals surface area contributed by atoms with Crippen LogP contribution in [0.3, 0.4) is 0 Å². The number of methoxy groups -OCH3 is 2. The molecule has 8 nitrogen and oxygen atoms in total. The van der Waals surface area contributed by atoms with Crippen LogP contribution in [-0.4, -0.2) is 69.1 Å². The number of hydrogen-bond acceptors (Lipinski definition) is 5. The predicted octanol–water partition coefficient (Wildman–Crippen LogP) is 2.76. The zero-order valence-corrected chi connectivity index (χ0v) is 20.1. The third-order valence-electron chi connectivity index (χ3n) is 5.93. The van der Waals surface area contributed by atoms with Gasteiger partial charge in [-0.2, -0.15) is 0 Å². The first-order chi connectivity index (χ1) is 16.4. The summed E-state index contributed by atoms with van der Waals surface area (Å²) in [7, 11) is 3.13. The Morgan fingerprint density at radius 2 is 1.74 bits per heavy atom. The van der Waals surface area contributed by atoms with Crippen LogP contribution in [0.25, 0.3) is 0 Å². The van der Waals surface area contributed by atoms with Crippen LogP contribution in [0.1, 0.15) is 33.6 Å². The molecule has 3 rings (SSSR count). The first-order valence-electron chi connectivity index (χ1n) is 11.2. The molecular weight excluding hydrogens is 458 g/mol. The highest BCUT2D eigenvalue weighted by Gasteiger charge is 2.34. The molecule has 0 radical (unpaired) electrons. The smallest absolute Gasteiger partial charge is 0.253 e. The summed E-state index contributed by atoms with van der Waals surface area (Å²) in [5.41, 5.74) is 0.895. The fourth-order valence-electron chi connectivity index (χ4n) is 4.00. The van der Waals surface area contributed by atoms with Crippen molar-refractivity contribution >= 4 is 29.3 Å². The van der Waals surface area contributed by atoms with Gasteiger partial charge in [-0.1, -0.05) is 23.7 Å². The summed E-state index contributed by atoms with van der Waals surface area (Å²) in [6.45, 7) is 1.67. The van der Waals surface area contributed by atoms with Crippen molar-refractivity contribution in [2.24, 2.45) is 5.92 Å². The maximum Gasteiger partial charge on any atom is 0.253 e. The first-order valence-corrected chi connectivity index (χ1v) is 11.6. The zero-order valence-electron chi connectivity index (χ0n) is 19.4. The third-order valence-corrected chi connectivity index (χ3v) is 6.26. The minimum Gasteiger partial charge on any atom is -0.497 e. The molecule has 2 N–H and O–H groups in total. The van der Waals surface area contributed by atoms with E-state index in [0.29, 0.717) is 61.0 Å². The summed E-state index contributed by atoms with van der Waals surface area (Å²) in [5, 5.41) is 6.00. The van der Waals surface area contributed by atoms with Crippen LogP contribution in [0.15, 0.2) is 48.5 Å². The van der Waals surface area contributed by atoms with Gasteiger partial charge in [0.25, 0.3) is 11.8 Å². The van der Waals surface area contributed by atoms with Crippen molar-refractivity contribution in [2.45, 2.75) is 18.9 Å². The van der Waals surface area contributed by atoms with Crippen LogP contribution in [0.2, 0.25) is 5.02 Å². The lowest BCUT2D eigenvalue weighted by molar-refractivity contribution is -0.124.